The first-order valence-electron chi connectivity index (χ1n) is 4.64. The molecule has 1 heterocycles. The van der Waals surface area contributed by atoms with Gasteiger partial charge in [0.15, 0.2) is 0 Å². The quantitative estimate of drug-likeness (QED) is 0.801. The molecule has 90 valence electrons. The van der Waals surface area contributed by atoms with E-state index in [0.717, 1.165) is 0 Å². The minimum absolute atomic E-state index is 0. The zero-order valence-electron chi connectivity index (χ0n) is 8.30. The number of hydrogen-bond acceptors (Lipinski definition) is 2. The van der Waals surface area contributed by atoms with Crippen molar-refractivity contribution in [3.63, 3.8) is 0 Å². The van der Waals surface area contributed by atoms with Gasteiger partial charge in [-0.3, -0.25) is 0 Å². The molecule has 6 heteroatoms. The average molecular weight is 287 g/mol. The Morgan fingerprint density at radius 1 is 1.31 bits per heavy atom. The molecule has 0 bridgehead atoms. The molecule has 1 fully saturated rings. The highest BCUT2D eigenvalue weighted by Crippen LogP contribution is 2.31. The summed E-state index contributed by atoms with van der Waals surface area (Å²) in [7, 11) is 0. The number of ether oxygens (including phenoxy) is 1. The zero-order chi connectivity index (χ0) is 10.8. The second kappa shape index (κ2) is 6.03. The molecule has 1 N–H and O–H groups in total. The number of rotatable bonds is 1. The van der Waals surface area contributed by atoms with Crippen LogP contribution < -0.4 is 5.32 Å². The maximum absolute atomic E-state index is 13.7. The highest BCUT2D eigenvalue weighted by Gasteiger charge is 2.22. The molecule has 1 aliphatic heterocycles. The van der Waals surface area contributed by atoms with Crippen LogP contribution in [-0.2, 0) is 4.74 Å². The van der Waals surface area contributed by atoms with Gasteiger partial charge < -0.3 is 10.1 Å². The smallest absolute Gasteiger partial charge is 0.148 e. The van der Waals surface area contributed by atoms with E-state index in [-0.39, 0.29) is 23.5 Å². The van der Waals surface area contributed by atoms with Crippen molar-refractivity contribution >= 4 is 35.6 Å². The molecule has 1 aliphatic rings. The molecule has 16 heavy (non-hydrogen) atoms. The molecule has 1 atom stereocenters. The Morgan fingerprint density at radius 2 is 2.00 bits per heavy atom. The summed E-state index contributed by atoms with van der Waals surface area (Å²) in [5.41, 5.74) is 0.392. The minimum atomic E-state index is -0.466. The lowest BCUT2D eigenvalue weighted by atomic mass is 10.1. The van der Waals surface area contributed by atoms with Crippen LogP contribution in [0.2, 0.25) is 10.0 Å². The van der Waals surface area contributed by atoms with Gasteiger partial charge in [-0.15, -0.1) is 12.4 Å². The fourth-order valence-corrected chi connectivity index (χ4v) is 2.06. The van der Waals surface area contributed by atoms with E-state index in [9.17, 15) is 4.39 Å². The monoisotopic (exact) mass is 285 g/mol. The van der Waals surface area contributed by atoms with E-state index < -0.39 is 5.82 Å². The lowest BCUT2D eigenvalue weighted by molar-refractivity contribution is 0.0758. The van der Waals surface area contributed by atoms with Crippen molar-refractivity contribution in [1.29, 1.82) is 0 Å². The van der Waals surface area contributed by atoms with Gasteiger partial charge in [-0.25, -0.2) is 4.39 Å². The van der Waals surface area contributed by atoms with Gasteiger partial charge in [-0.05, 0) is 12.1 Å². The predicted molar refractivity (Wildman–Crippen MR) is 65.2 cm³/mol. The van der Waals surface area contributed by atoms with E-state index in [4.69, 9.17) is 27.9 Å². The SMILES string of the molecule is Cl.Fc1c(Cl)ccc(Cl)c1[C@H]1COCCN1. The lowest BCUT2D eigenvalue weighted by Crippen LogP contribution is -2.35. The van der Waals surface area contributed by atoms with Gasteiger partial charge in [0.1, 0.15) is 5.82 Å². The minimum Gasteiger partial charge on any atom is -0.378 e. The van der Waals surface area contributed by atoms with Crippen LogP contribution in [0.4, 0.5) is 4.39 Å². The molecule has 0 spiro atoms. The molecule has 0 radical (unpaired) electrons. The van der Waals surface area contributed by atoms with Crippen molar-refractivity contribution in [1.82, 2.24) is 5.32 Å². The Bertz CT molecular complexity index is 369. The van der Waals surface area contributed by atoms with Crippen LogP contribution in [-0.4, -0.2) is 19.8 Å². The number of nitrogens with one attached hydrogen (secondary N) is 1. The lowest BCUT2D eigenvalue weighted by Gasteiger charge is -2.25. The Hall–Kier alpha value is -0.0600. The summed E-state index contributed by atoms with van der Waals surface area (Å²) in [5, 5.41) is 3.60. The molecule has 2 nitrogen and oxygen atoms in total. The highest BCUT2D eigenvalue weighted by molar-refractivity contribution is 6.33. The van der Waals surface area contributed by atoms with E-state index >= 15 is 0 Å². The molecule has 0 aliphatic carbocycles. The third-order valence-corrected chi connectivity index (χ3v) is 2.97. The second-order valence-electron chi connectivity index (χ2n) is 3.34. The fraction of sp³-hybridized carbons (Fsp3) is 0.400. The Kier molecular flexibility index (Phi) is 5.28. The van der Waals surface area contributed by atoms with Crippen LogP contribution in [0.15, 0.2) is 12.1 Å². The number of morpholine rings is 1. The Balaban J connectivity index is 0.00000128. The van der Waals surface area contributed by atoms with Crippen LogP contribution in [0.5, 0.6) is 0 Å². The van der Waals surface area contributed by atoms with Crippen LogP contribution in [0.25, 0.3) is 0 Å². The molecule has 2 rings (SSSR count). The van der Waals surface area contributed by atoms with Crippen LogP contribution in [0, 0.1) is 5.82 Å². The predicted octanol–water partition coefficient (Wildman–Crippen LogP) is 3.22. The topological polar surface area (TPSA) is 21.3 Å². The highest BCUT2D eigenvalue weighted by atomic mass is 35.5. The molecule has 0 aromatic heterocycles. The molecule has 1 aromatic carbocycles. The van der Waals surface area contributed by atoms with Gasteiger partial charge >= 0.3 is 0 Å². The van der Waals surface area contributed by atoms with Gasteiger partial charge in [0.2, 0.25) is 0 Å². The summed E-state index contributed by atoms with van der Waals surface area (Å²) in [5.74, 6) is -0.466. The van der Waals surface area contributed by atoms with Gasteiger partial charge in [-0.2, -0.15) is 0 Å². The average Bonchev–Trinajstić information content (AvgIpc) is 2.26. The normalized spacial score (nSPS) is 20.3. The standard InChI is InChI=1S/C10H10Cl2FNO.ClH/c11-6-1-2-7(12)10(13)9(6)8-5-15-4-3-14-8;/h1-2,8,14H,3-5H2;1H/t8-;/m1./s1. The molecule has 0 saturated carbocycles. The Labute approximate surface area is 109 Å². The van der Waals surface area contributed by atoms with Crippen molar-refractivity contribution in [3.8, 4) is 0 Å². The first-order valence-corrected chi connectivity index (χ1v) is 5.40. The fourth-order valence-electron chi connectivity index (χ4n) is 1.61. The Morgan fingerprint density at radius 3 is 2.62 bits per heavy atom. The van der Waals surface area contributed by atoms with Crippen LogP contribution >= 0.6 is 35.6 Å². The van der Waals surface area contributed by atoms with Gasteiger partial charge in [0.25, 0.3) is 0 Å². The maximum atomic E-state index is 13.7. The van der Waals surface area contributed by atoms with Gasteiger partial charge in [-0.1, -0.05) is 23.2 Å². The molecule has 1 saturated heterocycles. The molecule has 0 amide bonds. The van der Waals surface area contributed by atoms with Crippen molar-refractivity contribution in [3.05, 3.63) is 33.6 Å². The van der Waals surface area contributed by atoms with Crippen molar-refractivity contribution in [2.45, 2.75) is 6.04 Å². The summed E-state index contributed by atoms with van der Waals surface area (Å²) in [4.78, 5) is 0. The summed E-state index contributed by atoms with van der Waals surface area (Å²) < 4.78 is 19.0. The van der Waals surface area contributed by atoms with E-state index in [1.807, 2.05) is 0 Å². The van der Waals surface area contributed by atoms with Crippen LogP contribution in [0.1, 0.15) is 11.6 Å². The van der Waals surface area contributed by atoms with Gasteiger partial charge in [0, 0.05) is 17.1 Å². The zero-order valence-corrected chi connectivity index (χ0v) is 10.6. The van der Waals surface area contributed by atoms with E-state index in [0.29, 0.717) is 30.3 Å². The summed E-state index contributed by atoms with van der Waals surface area (Å²) in [6.07, 6.45) is 0. The van der Waals surface area contributed by atoms with Crippen molar-refractivity contribution in [2.75, 3.05) is 19.8 Å². The third-order valence-electron chi connectivity index (χ3n) is 2.35. The van der Waals surface area contributed by atoms with Crippen molar-refractivity contribution < 1.29 is 9.13 Å². The van der Waals surface area contributed by atoms with E-state index in [1.165, 1.54) is 6.07 Å². The maximum Gasteiger partial charge on any atom is 0.148 e. The van der Waals surface area contributed by atoms with Crippen LogP contribution in [0.3, 0.4) is 0 Å². The molecular weight excluding hydrogens is 275 g/mol. The first-order chi connectivity index (χ1) is 7.20. The summed E-state index contributed by atoms with van der Waals surface area (Å²) >= 11 is 11.6. The third kappa shape index (κ3) is 2.79. The largest absolute Gasteiger partial charge is 0.378 e. The second-order valence-corrected chi connectivity index (χ2v) is 4.15. The summed E-state index contributed by atoms with van der Waals surface area (Å²) in [6, 6.07) is 2.83. The number of hydrogen-bond donors (Lipinski definition) is 1. The summed E-state index contributed by atoms with van der Waals surface area (Å²) in [6.45, 7) is 1.74. The molecule has 1 aromatic rings. The van der Waals surface area contributed by atoms with Gasteiger partial charge in [0.05, 0.1) is 24.3 Å². The van der Waals surface area contributed by atoms with E-state index in [1.54, 1.807) is 6.07 Å². The number of halogens is 4. The molecular formula is C10H11Cl3FNO. The van der Waals surface area contributed by atoms with Crippen molar-refractivity contribution in [2.24, 2.45) is 0 Å². The first kappa shape index (κ1) is 14.0. The molecule has 0 unspecified atom stereocenters. The van der Waals surface area contributed by atoms with E-state index in [2.05, 4.69) is 5.32 Å². The number of benzene rings is 1.